The van der Waals surface area contributed by atoms with Crippen LogP contribution in [0.3, 0.4) is 0 Å². The van der Waals surface area contributed by atoms with Crippen molar-refractivity contribution < 1.29 is 9.53 Å². The molecule has 1 saturated heterocycles. The van der Waals surface area contributed by atoms with Crippen LogP contribution in [0.1, 0.15) is 18.4 Å². The van der Waals surface area contributed by atoms with E-state index in [1.807, 2.05) is 31.2 Å². The normalized spacial score (nSPS) is 17.0. The lowest BCUT2D eigenvalue weighted by Gasteiger charge is -2.09. The molecule has 0 spiro atoms. The third-order valence-corrected chi connectivity index (χ3v) is 5.56. The fraction of sp³-hybridized carbons (Fsp3) is 0.438. The van der Waals surface area contributed by atoms with Crippen molar-refractivity contribution in [1.82, 2.24) is 15.5 Å². The minimum Gasteiger partial charge on any atom is -0.376 e. The van der Waals surface area contributed by atoms with Gasteiger partial charge in [-0.05, 0) is 31.9 Å². The molecular weight excluding hydrogens is 344 g/mol. The molecule has 1 atom stereocenters. The molecule has 1 aromatic heterocycles. The second kappa shape index (κ2) is 8.46. The average Bonchev–Trinajstić information content (AvgIpc) is 3.25. The number of hydrogen-bond donors (Lipinski definition) is 2. The van der Waals surface area contributed by atoms with Gasteiger partial charge >= 0.3 is 0 Å². The van der Waals surface area contributed by atoms with Crippen LogP contribution in [-0.2, 0) is 9.53 Å². The van der Waals surface area contributed by atoms with Crippen LogP contribution in [0.2, 0.25) is 0 Å². The van der Waals surface area contributed by atoms with Gasteiger partial charge in [0.2, 0.25) is 11.0 Å². The zero-order valence-electron chi connectivity index (χ0n) is 13.4. The predicted octanol–water partition coefficient (Wildman–Crippen LogP) is 2.98. The zero-order chi connectivity index (χ0) is 16.8. The van der Waals surface area contributed by atoms with Gasteiger partial charge in [0.15, 0.2) is 4.34 Å². The number of ether oxygens (including phenoxy) is 1. The van der Waals surface area contributed by atoms with Crippen molar-refractivity contribution in [3.05, 3.63) is 29.8 Å². The van der Waals surface area contributed by atoms with Crippen LogP contribution in [-0.4, -0.2) is 41.1 Å². The highest BCUT2D eigenvalue weighted by Gasteiger charge is 2.16. The van der Waals surface area contributed by atoms with Gasteiger partial charge in [0, 0.05) is 18.8 Å². The van der Waals surface area contributed by atoms with Crippen molar-refractivity contribution in [2.75, 3.05) is 24.2 Å². The number of nitrogens with one attached hydrogen (secondary N) is 2. The Hall–Kier alpha value is -1.64. The number of aryl methyl sites for hydroxylation is 1. The van der Waals surface area contributed by atoms with E-state index in [4.69, 9.17) is 4.74 Å². The summed E-state index contributed by atoms with van der Waals surface area (Å²) in [6.45, 7) is 3.44. The zero-order valence-corrected chi connectivity index (χ0v) is 15.1. The van der Waals surface area contributed by atoms with Crippen molar-refractivity contribution in [3.8, 4) is 0 Å². The number of rotatable bonds is 7. The Balaban J connectivity index is 1.42. The SMILES string of the molecule is Cc1ccc(Nc2nnc(SCC(=O)NCC3CCCO3)s2)cc1. The van der Waals surface area contributed by atoms with Crippen LogP contribution in [0.25, 0.3) is 0 Å². The van der Waals surface area contributed by atoms with E-state index in [1.165, 1.54) is 28.7 Å². The van der Waals surface area contributed by atoms with Crippen LogP contribution < -0.4 is 10.6 Å². The second-order valence-corrected chi connectivity index (χ2v) is 7.79. The molecule has 0 aliphatic carbocycles. The van der Waals surface area contributed by atoms with Gasteiger partial charge in [-0.1, -0.05) is 40.8 Å². The minimum absolute atomic E-state index is 0.00116. The van der Waals surface area contributed by atoms with E-state index in [1.54, 1.807) is 0 Å². The summed E-state index contributed by atoms with van der Waals surface area (Å²) in [6, 6.07) is 8.08. The lowest BCUT2D eigenvalue weighted by molar-refractivity contribution is -0.119. The molecule has 1 aliphatic rings. The highest BCUT2D eigenvalue weighted by Crippen LogP contribution is 2.27. The molecule has 2 N–H and O–H groups in total. The van der Waals surface area contributed by atoms with Crippen LogP contribution >= 0.6 is 23.1 Å². The smallest absolute Gasteiger partial charge is 0.230 e. The predicted molar refractivity (Wildman–Crippen MR) is 97.1 cm³/mol. The van der Waals surface area contributed by atoms with Crippen molar-refractivity contribution in [3.63, 3.8) is 0 Å². The number of aromatic nitrogens is 2. The molecule has 0 radical (unpaired) electrons. The first-order valence-electron chi connectivity index (χ1n) is 7.87. The Bertz CT molecular complexity index is 669. The van der Waals surface area contributed by atoms with Gasteiger partial charge in [0.1, 0.15) is 0 Å². The van der Waals surface area contributed by atoms with Crippen LogP contribution in [0.4, 0.5) is 10.8 Å². The second-order valence-electron chi connectivity index (χ2n) is 5.59. The molecule has 0 saturated carbocycles. The first kappa shape index (κ1) is 17.2. The maximum absolute atomic E-state index is 11.9. The van der Waals surface area contributed by atoms with Gasteiger partial charge < -0.3 is 15.4 Å². The van der Waals surface area contributed by atoms with Crippen molar-refractivity contribution in [2.24, 2.45) is 0 Å². The fourth-order valence-electron chi connectivity index (χ4n) is 2.29. The average molecular weight is 364 g/mol. The highest BCUT2D eigenvalue weighted by molar-refractivity contribution is 8.01. The minimum atomic E-state index is -0.00116. The summed E-state index contributed by atoms with van der Waals surface area (Å²) in [4.78, 5) is 11.9. The lowest BCUT2D eigenvalue weighted by Crippen LogP contribution is -2.32. The summed E-state index contributed by atoms with van der Waals surface area (Å²) in [6.07, 6.45) is 2.28. The third kappa shape index (κ3) is 5.19. The van der Waals surface area contributed by atoms with Crippen LogP contribution in [0.15, 0.2) is 28.6 Å². The monoisotopic (exact) mass is 364 g/mol. The summed E-state index contributed by atoms with van der Waals surface area (Å²) in [5, 5.41) is 15.1. The number of nitrogens with zero attached hydrogens (tertiary/aromatic N) is 2. The molecule has 1 unspecified atom stereocenters. The lowest BCUT2D eigenvalue weighted by atomic mass is 10.2. The molecule has 128 valence electrons. The Morgan fingerprint density at radius 1 is 1.38 bits per heavy atom. The van der Waals surface area contributed by atoms with E-state index in [2.05, 4.69) is 20.8 Å². The maximum atomic E-state index is 11.9. The molecule has 1 fully saturated rings. The largest absolute Gasteiger partial charge is 0.376 e. The molecular formula is C16H20N4O2S2. The summed E-state index contributed by atoms with van der Waals surface area (Å²) in [5.74, 6) is 0.338. The van der Waals surface area contributed by atoms with E-state index >= 15 is 0 Å². The third-order valence-electron chi connectivity index (χ3n) is 3.59. The number of carbonyl (C=O) groups excluding carboxylic acids is 1. The standard InChI is InChI=1S/C16H20N4O2S2/c1-11-4-6-12(7-5-11)18-15-19-20-16(24-15)23-10-14(21)17-9-13-3-2-8-22-13/h4-7,13H,2-3,8-10H2,1H3,(H,17,21)(H,18,19). The van der Waals surface area contributed by atoms with Gasteiger partial charge in [0.25, 0.3) is 0 Å². The van der Waals surface area contributed by atoms with E-state index in [0.29, 0.717) is 12.3 Å². The number of amides is 1. The van der Waals surface area contributed by atoms with Crippen LogP contribution in [0.5, 0.6) is 0 Å². The molecule has 24 heavy (non-hydrogen) atoms. The molecule has 2 heterocycles. The van der Waals surface area contributed by atoms with Gasteiger partial charge in [-0.2, -0.15) is 0 Å². The van der Waals surface area contributed by atoms with E-state index in [9.17, 15) is 4.79 Å². The molecule has 1 aromatic carbocycles. The van der Waals surface area contributed by atoms with Crippen molar-refractivity contribution >= 4 is 39.8 Å². The summed E-state index contributed by atoms with van der Waals surface area (Å²) in [7, 11) is 0. The first-order valence-corrected chi connectivity index (χ1v) is 9.67. The van der Waals surface area contributed by atoms with Crippen molar-refractivity contribution in [2.45, 2.75) is 30.2 Å². The van der Waals surface area contributed by atoms with E-state index in [0.717, 1.165) is 34.6 Å². The van der Waals surface area contributed by atoms with E-state index in [-0.39, 0.29) is 12.0 Å². The van der Waals surface area contributed by atoms with Crippen molar-refractivity contribution in [1.29, 1.82) is 0 Å². The van der Waals surface area contributed by atoms with E-state index < -0.39 is 0 Å². The molecule has 3 rings (SSSR count). The van der Waals surface area contributed by atoms with Gasteiger partial charge in [0.05, 0.1) is 11.9 Å². The van der Waals surface area contributed by atoms with Gasteiger partial charge in [-0.3, -0.25) is 4.79 Å². The van der Waals surface area contributed by atoms with Crippen LogP contribution in [0, 0.1) is 6.92 Å². The molecule has 6 nitrogen and oxygen atoms in total. The highest BCUT2D eigenvalue weighted by atomic mass is 32.2. The molecule has 0 bridgehead atoms. The Morgan fingerprint density at radius 3 is 2.96 bits per heavy atom. The Kier molecular flexibility index (Phi) is 6.06. The number of anilines is 2. The number of hydrogen-bond acceptors (Lipinski definition) is 7. The fourth-order valence-corrected chi connectivity index (χ4v) is 3.89. The quantitative estimate of drug-likeness (QED) is 0.736. The number of benzene rings is 1. The number of thioether (sulfide) groups is 1. The Labute approximate surface area is 149 Å². The van der Waals surface area contributed by atoms with Gasteiger partial charge in [-0.25, -0.2) is 0 Å². The molecule has 1 aliphatic heterocycles. The number of carbonyl (C=O) groups is 1. The summed E-state index contributed by atoms with van der Waals surface area (Å²) >= 11 is 2.84. The topological polar surface area (TPSA) is 76.1 Å². The molecule has 2 aromatic rings. The Morgan fingerprint density at radius 2 is 2.21 bits per heavy atom. The molecule has 8 heteroatoms. The summed E-state index contributed by atoms with van der Waals surface area (Å²) < 4.78 is 6.26. The summed E-state index contributed by atoms with van der Waals surface area (Å²) in [5.41, 5.74) is 2.19. The molecule has 1 amide bonds. The maximum Gasteiger partial charge on any atom is 0.230 e. The first-order chi connectivity index (χ1) is 11.7. The van der Waals surface area contributed by atoms with Gasteiger partial charge in [-0.15, -0.1) is 10.2 Å².